The standard InChI is InChI=1S/C15H17F3N3.Ir/c1-9(14(2,3)4)12-19-13(21-20-12)10-5-7-11(8-6-10)15(16,17)18;/h5,7-9H,1-4H3,(H,19,20,21);/q-1;. The van der Waals surface area contributed by atoms with Gasteiger partial charge in [0.15, 0.2) is 0 Å². The Hall–Kier alpha value is -1.20. The number of halogens is 3. The van der Waals surface area contributed by atoms with Gasteiger partial charge in [0.2, 0.25) is 0 Å². The van der Waals surface area contributed by atoms with E-state index in [9.17, 15) is 13.2 Å². The van der Waals surface area contributed by atoms with E-state index in [1.165, 1.54) is 6.07 Å². The van der Waals surface area contributed by atoms with Gasteiger partial charge in [0.05, 0.1) is 5.82 Å². The van der Waals surface area contributed by atoms with Gasteiger partial charge in [0, 0.05) is 26.0 Å². The van der Waals surface area contributed by atoms with Gasteiger partial charge in [0.1, 0.15) is 5.82 Å². The molecule has 0 amide bonds. The maximum absolute atomic E-state index is 12.5. The third-order valence-corrected chi connectivity index (χ3v) is 3.61. The SMILES string of the molecule is CC(c1nnc(-c2[c-]cc(C(F)(F)F)cc2)[nH]1)C(C)(C)C.[Ir]. The van der Waals surface area contributed by atoms with Crippen molar-refractivity contribution in [2.24, 2.45) is 5.41 Å². The van der Waals surface area contributed by atoms with Crippen molar-refractivity contribution >= 4 is 0 Å². The van der Waals surface area contributed by atoms with Gasteiger partial charge in [-0.1, -0.05) is 27.7 Å². The largest absolute Gasteiger partial charge is 0.381 e. The Labute approximate surface area is 141 Å². The van der Waals surface area contributed by atoms with Crippen LogP contribution in [0.3, 0.4) is 0 Å². The monoisotopic (exact) mass is 489 g/mol. The van der Waals surface area contributed by atoms with Crippen molar-refractivity contribution < 1.29 is 33.3 Å². The average molecular weight is 489 g/mol. The molecule has 0 bridgehead atoms. The molecule has 0 fully saturated rings. The predicted molar refractivity (Wildman–Crippen MR) is 73.5 cm³/mol. The van der Waals surface area contributed by atoms with Crippen LogP contribution in [0, 0.1) is 11.5 Å². The van der Waals surface area contributed by atoms with Crippen LogP contribution >= 0.6 is 0 Å². The van der Waals surface area contributed by atoms with Gasteiger partial charge < -0.3 is 4.98 Å². The molecule has 2 rings (SSSR count). The number of alkyl halides is 3. The molecule has 0 aliphatic heterocycles. The van der Waals surface area contributed by atoms with Gasteiger partial charge in [-0.3, -0.25) is 0 Å². The van der Waals surface area contributed by atoms with E-state index >= 15 is 0 Å². The number of nitrogens with one attached hydrogen (secondary N) is 1. The zero-order chi connectivity index (χ0) is 15.8. The van der Waals surface area contributed by atoms with E-state index in [0.717, 1.165) is 12.1 Å². The van der Waals surface area contributed by atoms with Crippen LogP contribution < -0.4 is 0 Å². The number of H-pyrrole nitrogens is 1. The fourth-order valence-corrected chi connectivity index (χ4v) is 1.75. The minimum absolute atomic E-state index is 0. The van der Waals surface area contributed by atoms with Gasteiger partial charge in [-0.05, 0) is 11.0 Å². The Bertz CT molecular complexity index is 612. The summed E-state index contributed by atoms with van der Waals surface area (Å²) in [5.74, 6) is 1.29. The van der Waals surface area contributed by atoms with Crippen LogP contribution in [-0.2, 0) is 26.3 Å². The van der Waals surface area contributed by atoms with E-state index < -0.39 is 11.7 Å². The first-order valence-corrected chi connectivity index (χ1v) is 6.61. The molecular weight excluding hydrogens is 471 g/mol. The van der Waals surface area contributed by atoms with Crippen molar-refractivity contribution in [2.45, 2.75) is 39.8 Å². The van der Waals surface area contributed by atoms with Crippen molar-refractivity contribution in [1.29, 1.82) is 0 Å². The zero-order valence-electron chi connectivity index (χ0n) is 12.7. The summed E-state index contributed by atoms with van der Waals surface area (Å²) < 4.78 is 37.5. The molecule has 1 aromatic carbocycles. The smallest absolute Gasteiger partial charge is 0.365 e. The molecule has 1 heterocycles. The quantitative estimate of drug-likeness (QED) is 0.636. The zero-order valence-corrected chi connectivity index (χ0v) is 15.1. The van der Waals surface area contributed by atoms with Crippen LogP contribution in [0.25, 0.3) is 11.4 Å². The molecule has 0 aliphatic carbocycles. The summed E-state index contributed by atoms with van der Waals surface area (Å²) in [7, 11) is 0. The molecule has 123 valence electrons. The fourth-order valence-electron chi connectivity index (χ4n) is 1.75. The number of benzene rings is 1. The molecule has 1 unspecified atom stereocenters. The van der Waals surface area contributed by atoms with Crippen LogP contribution in [0.4, 0.5) is 13.2 Å². The molecule has 0 saturated carbocycles. The van der Waals surface area contributed by atoms with E-state index in [0.29, 0.717) is 17.2 Å². The van der Waals surface area contributed by atoms with Crippen LogP contribution in [0.15, 0.2) is 18.2 Å². The van der Waals surface area contributed by atoms with Crippen LogP contribution in [0.5, 0.6) is 0 Å². The predicted octanol–water partition coefficient (Wildman–Crippen LogP) is 4.44. The molecule has 1 N–H and O–H groups in total. The molecule has 1 aromatic heterocycles. The first kappa shape index (κ1) is 18.8. The Balaban J connectivity index is 0.00000242. The van der Waals surface area contributed by atoms with Gasteiger partial charge in [-0.15, -0.1) is 34.9 Å². The van der Waals surface area contributed by atoms with Gasteiger partial charge in [0.25, 0.3) is 0 Å². The summed E-state index contributed by atoms with van der Waals surface area (Å²) >= 11 is 0. The van der Waals surface area contributed by atoms with Gasteiger partial charge >= 0.3 is 6.18 Å². The summed E-state index contributed by atoms with van der Waals surface area (Å²) in [6, 6.07) is 5.88. The number of nitrogens with zero attached hydrogens (tertiary/aromatic N) is 2. The third-order valence-electron chi connectivity index (χ3n) is 3.61. The van der Waals surface area contributed by atoms with Crippen molar-refractivity contribution in [1.82, 2.24) is 15.2 Å². The molecule has 1 radical (unpaired) electrons. The number of aromatic amines is 1. The summed E-state index contributed by atoms with van der Waals surface area (Å²) in [6.45, 7) is 8.29. The molecule has 22 heavy (non-hydrogen) atoms. The van der Waals surface area contributed by atoms with E-state index in [2.05, 4.69) is 42.0 Å². The first-order valence-electron chi connectivity index (χ1n) is 6.61. The van der Waals surface area contributed by atoms with Crippen molar-refractivity contribution in [3.05, 3.63) is 35.7 Å². The molecule has 7 heteroatoms. The number of hydrogen-bond acceptors (Lipinski definition) is 2. The average Bonchev–Trinajstić information content (AvgIpc) is 2.85. The van der Waals surface area contributed by atoms with Crippen molar-refractivity contribution in [3.63, 3.8) is 0 Å². The normalized spacial score (nSPS) is 13.6. The second-order valence-corrected chi connectivity index (χ2v) is 6.14. The molecule has 0 spiro atoms. The third kappa shape index (κ3) is 4.17. The minimum Gasteiger partial charge on any atom is -0.365 e. The fraction of sp³-hybridized carbons (Fsp3) is 0.467. The Morgan fingerprint density at radius 1 is 1.14 bits per heavy atom. The summed E-state index contributed by atoms with van der Waals surface area (Å²) in [4.78, 5) is 3.06. The number of rotatable bonds is 2. The molecule has 0 aliphatic rings. The number of hydrogen-bond donors (Lipinski definition) is 1. The Morgan fingerprint density at radius 2 is 1.77 bits per heavy atom. The topological polar surface area (TPSA) is 41.6 Å². The van der Waals surface area contributed by atoms with Gasteiger partial charge in [-0.2, -0.15) is 18.3 Å². The molecule has 1 atom stereocenters. The van der Waals surface area contributed by atoms with Gasteiger partial charge in [-0.25, -0.2) is 0 Å². The second-order valence-electron chi connectivity index (χ2n) is 6.14. The molecule has 2 aromatic rings. The Morgan fingerprint density at radius 3 is 2.23 bits per heavy atom. The van der Waals surface area contributed by atoms with E-state index in [1.807, 2.05) is 6.92 Å². The maximum atomic E-state index is 12.5. The summed E-state index contributed by atoms with van der Waals surface area (Å²) in [5.41, 5.74) is -0.252. The molecular formula is C15H17F3IrN3-. The van der Waals surface area contributed by atoms with E-state index in [4.69, 9.17) is 0 Å². The molecule has 0 saturated heterocycles. The van der Waals surface area contributed by atoms with Crippen LogP contribution in [-0.4, -0.2) is 15.2 Å². The van der Waals surface area contributed by atoms with E-state index in [1.54, 1.807) is 0 Å². The van der Waals surface area contributed by atoms with Crippen molar-refractivity contribution in [3.8, 4) is 11.4 Å². The maximum Gasteiger partial charge on any atom is 0.381 e. The summed E-state index contributed by atoms with van der Waals surface area (Å²) in [5, 5.41) is 8.08. The Kier molecular flexibility index (Phi) is 5.57. The minimum atomic E-state index is -4.36. The van der Waals surface area contributed by atoms with E-state index in [-0.39, 0.29) is 31.4 Å². The molecule has 3 nitrogen and oxygen atoms in total. The summed E-state index contributed by atoms with van der Waals surface area (Å²) in [6.07, 6.45) is -4.36. The van der Waals surface area contributed by atoms with Crippen molar-refractivity contribution in [2.75, 3.05) is 0 Å². The van der Waals surface area contributed by atoms with Crippen LogP contribution in [0.2, 0.25) is 0 Å². The second kappa shape index (κ2) is 6.50. The van der Waals surface area contributed by atoms with Crippen LogP contribution in [0.1, 0.15) is 45.0 Å². The number of aromatic nitrogens is 3. The first-order chi connectivity index (χ1) is 9.59.